The third-order valence-electron chi connectivity index (χ3n) is 3.37. The molecule has 0 amide bonds. The van der Waals surface area contributed by atoms with Crippen LogP contribution in [-0.2, 0) is 19.3 Å². The highest BCUT2D eigenvalue weighted by atomic mass is 15.2. The molecule has 16 heavy (non-hydrogen) atoms. The smallest absolute Gasteiger partial charge is 0.0475 e. The Labute approximate surface area is 98.7 Å². The molecule has 0 radical (unpaired) electrons. The number of aryl methyl sites for hydroxylation is 2. The van der Waals surface area contributed by atoms with Crippen LogP contribution in [0.1, 0.15) is 23.1 Å². The summed E-state index contributed by atoms with van der Waals surface area (Å²) in [6, 6.07) is 7.04. The lowest BCUT2D eigenvalue weighted by atomic mass is 10.0. The average molecular weight is 218 g/mol. The molecule has 0 heterocycles. The summed E-state index contributed by atoms with van der Waals surface area (Å²) >= 11 is 0. The topological polar surface area (TPSA) is 15.3 Å². The fourth-order valence-corrected chi connectivity index (χ4v) is 2.45. The quantitative estimate of drug-likeness (QED) is 0.759. The second kappa shape index (κ2) is 5.46. The van der Waals surface area contributed by atoms with Crippen LogP contribution in [0.25, 0.3) is 0 Å². The van der Waals surface area contributed by atoms with Gasteiger partial charge in [-0.25, -0.2) is 0 Å². The summed E-state index contributed by atoms with van der Waals surface area (Å²) in [5, 5.41) is 3.17. The molecule has 88 valence electrons. The summed E-state index contributed by atoms with van der Waals surface area (Å²) in [6.45, 7) is 2.09. The van der Waals surface area contributed by atoms with E-state index in [-0.39, 0.29) is 0 Å². The average Bonchev–Trinajstić information content (AvgIpc) is 2.74. The lowest BCUT2D eigenvalue weighted by Crippen LogP contribution is -2.30. The molecule has 2 nitrogen and oxygen atoms in total. The van der Waals surface area contributed by atoms with Gasteiger partial charge < -0.3 is 5.32 Å². The molecule has 0 unspecified atom stereocenters. The number of fused-ring (bicyclic) bond motifs is 1. The van der Waals surface area contributed by atoms with Gasteiger partial charge in [-0.05, 0) is 56.5 Å². The molecule has 0 fully saturated rings. The van der Waals surface area contributed by atoms with Crippen LogP contribution in [-0.4, -0.2) is 32.2 Å². The Balaban J connectivity index is 1.90. The van der Waals surface area contributed by atoms with Gasteiger partial charge in [-0.15, -0.1) is 0 Å². The lowest BCUT2D eigenvalue weighted by molar-refractivity contribution is 0.321. The Morgan fingerprint density at radius 3 is 2.88 bits per heavy atom. The van der Waals surface area contributed by atoms with Crippen molar-refractivity contribution in [1.82, 2.24) is 10.2 Å². The first-order valence-electron chi connectivity index (χ1n) is 6.23. The predicted molar refractivity (Wildman–Crippen MR) is 68.7 cm³/mol. The van der Waals surface area contributed by atoms with Crippen LogP contribution in [0.3, 0.4) is 0 Å². The van der Waals surface area contributed by atoms with Crippen LogP contribution in [0.4, 0.5) is 0 Å². The van der Waals surface area contributed by atoms with E-state index >= 15 is 0 Å². The van der Waals surface area contributed by atoms with E-state index < -0.39 is 0 Å². The van der Waals surface area contributed by atoms with Crippen molar-refractivity contribution >= 4 is 0 Å². The molecule has 1 aromatic rings. The first-order valence-corrected chi connectivity index (χ1v) is 6.23. The molecule has 1 aromatic carbocycles. The van der Waals surface area contributed by atoms with Crippen LogP contribution in [0.2, 0.25) is 0 Å². The number of benzene rings is 1. The Hall–Kier alpha value is -0.860. The number of nitrogens with zero attached hydrogens (tertiary/aromatic N) is 1. The van der Waals surface area contributed by atoms with Crippen molar-refractivity contribution in [2.24, 2.45) is 0 Å². The van der Waals surface area contributed by atoms with Gasteiger partial charge in [-0.1, -0.05) is 18.2 Å². The standard InChI is InChI=1S/C14H22N2/c1-15-11-16(2)9-8-12-6-7-13-4-3-5-14(13)10-12/h6-7,10,15H,3-5,8-9,11H2,1-2H3. The maximum Gasteiger partial charge on any atom is 0.0475 e. The van der Waals surface area contributed by atoms with Crippen molar-refractivity contribution in [2.45, 2.75) is 25.7 Å². The van der Waals surface area contributed by atoms with Crippen LogP contribution < -0.4 is 5.32 Å². The van der Waals surface area contributed by atoms with E-state index in [1.165, 1.54) is 24.8 Å². The largest absolute Gasteiger partial charge is 0.307 e. The molecule has 0 aliphatic heterocycles. The molecule has 2 heteroatoms. The summed E-state index contributed by atoms with van der Waals surface area (Å²) in [4.78, 5) is 2.31. The lowest BCUT2D eigenvalue weighted by Gasteiger charge is -2.15. The van der Waals surface area contributed by atoms with Crippen molar-refractivity contribution < 1.29 is 0 Å². The highest BCUT2D eigenvalue weighted by molar-refractivity contribution is 5.35. The molecule has 1 aliphatic rings. The zero-order chi connectivity index (χ0) is 11.4. The van der Waals surface area contributed by atoms with Crippen LogP contribution in [0, 0.1) is 0 Å². The van der Waals surface area contributed by atoms with Gasteiger partial charge in [0.2, 0.25) is 0 Å². The Kier molecular flexibility index (Phi) is 3.97. The molecule has 0 saturated heterocycles. The third kappa shape index (κ3) is 2.83. The van der Waals surface area contributed by atoms with E-state index in [4.69, 9.17) is 0 Å². The van der Waals surface area contributed by atoms with Gasteiger partial charge in [0.05, 0.1) is 0 Å². The highest BCUT2D eigenvalue weighted by Gasteiger charge is 2.10. The van der Waals surface area contributed by atoms with Crippen LogP contribution in [0.5, 0.6) is 0 Å². The summed E-state index contributed by atoms with van der Waals surface area (Å²) in [6.07, 6.45) is 5.08. The van der Waals surface area contributed by atoms with Gasteiger partial charge >= 0.3 is 0 Å². The maximum absolute atomic E-state index is 3.17. The number of rotatable bonds is 5. The summed E-state index contributed by atoms with van der Waals surface area (Å²) in [7, 11) is 4.15. The fourth-order valence-electron chi connectivity index (χ4n) is 2.45. The predicted octanol–water partition coefficient (Wildman–Crippen LogP) is 1.83. The van der Waals surface area contributed by atoms with Gasteiger partial charge in [-0.2, -0.15) is 0 Å². The molecule has 1 aliphatic carbocycles. The van der Waals surface area contributed by atoms with E-state index in [1.807, 2.05) is 7.05 Å². The van der Waals surface area contributed by atoms with Gasteiger partial charge in [0.25, 0.3) is 0 Å². The first-order chi connectivity index (χ1) is 7.79. The minimum absolute atomic E-state index is 0.963. The molecule has 0 aromatic heterocycles. The molecule has 0 atom stereocenters. The van der Waals surface area contributed by atoms with E-state index in [0.29, 0.717) is 0 Å². The maximum atomic E-state index is 3.17. The Morgan fingerprint density at radius 1 is 1.25 bits per heavy atom. The van der Waals surface area contributed by atoms with Crippen molar-refractivity contribution in [3.05, 3.63) is 34.9 Å². The SMILES string of the molecule is CNCN(C)CCc1ccc2c(c1)CCC2. The van der Waals surface area contributed by atoms with Gasteiger partial charge in [0.15, 0.2) is 0 Å². The zero-order valence-corrected chi connectivity index (χ0v) is 10.4. The van der Waals surface area contributed by atoms with E-state index in [2.05, 4.69) is 35.5 Å². The Morgan fingerprint density at radius 2 is 2.06 bits per heavy atom. The minimum Gasteiger partial charge on any atom is -0.307 e. The van der Waals surface area contributed by atoms with Crippen LogP contribution in [0.15, 0.2) is 18.2 Å². The summed E-state index contributed by atoms with van der Waals surface area (Å²) in [5.41, 5.74) is 4.66. The second-order valence-corrected chi connectivity index (χ2v) is 4.80. The zero-order valence-electron chi connectivity index (χ0n) is 10.4. The summed E-state index contributed by atoms with van der Waals surface area (Å²) in [5.74, 6) is 0. The monoisotopic (exact) mass is 218 g/mol. The number of nitrogens with one attached hydrogen (secondary N) is 1. The van der Waals surface area contributed by atoms with Gasteiger partial charge in [0, 0.05) is 13.2 Å². The van der Waals surface area contributed by atoms with Gasteiger partial charge in [-0.3, -0.25) is 4.90 Å². The second-order valence-electron chi connectivity index (χ2n) is 4.80. The van der Waals surface area contributed by atoms with Crippen LogP contribution >= 0.6 is 0 Å². The molecular formula is C14H22N2. The highest BCUT2D eigenvalue weighted by Crippen LogP contribution is 2.22. The minimum atomic E-state index is 0.963. The van der Waals surface area contributed by atoms with Crippen molar-refractivity contribution in [2.75, 3.05) is 27.3 Å². The van der Waals surface area contributed by atoms with E-state index in [9.17, 15) is 0 Å². The van der Waals surface area contributed by atoms with Crippen molar-refractivity contribution in [3.63, 3.8) is 0 Å². The summed E-state index contributed by atoms with van der Waals surface area (Å²) < 4.78 is 0. The molecule has 0 bridgehead atoms. The normalized spacial score (nSPS) is 14.4. The molecule has 0 spiro atoms. The fraction of sp³-hybridized carbons (Fsp3) is 0.571. The number of hydrogen-bond donors (Lipinski definition) is 1. The van der Waals surface area contributed by atoms with E-state index in [1.54, 1.807) is 11.1 Å². The molecule has 1 N–H and O–H groups in total. The third-order valence-corrected chi connectivity index (χ3v) is 3.37. The van der Waals surface area contributed by atoms with Crippen molar-refractivity contribution in [1.29, 1.82) is 0 Å². The van der Waals surface area contributed by atoms with Gasteiger partial charge in [0.1, 0.15) is 0 Å². The molecule has 2 rings (SSSR count). The number of hydrogen-bond acceptors (Lipinski definition) is 2. The number of likely N-dealkylation sites (N-methyl/N-ethyl adjacent to an activating group) is 1. The Bertz CT molecular complexity index is 347. The van der Waals surface area contributed by atoms with Crippen molar-refractivity contribution in [3.8, 4) is 0 Å². The molecule has 0 saturated carbocycles. The van der Waals surface area contributed by atoms with E-state index in [0.717, 1.165) is 19.6 Å². The first kappa shape index (κ1) is 11.6. The molecular weight excluding hydrogens is 196 g/mol.